The SMILES string of the molecule is CN=C(NCCC(=O)N1CCc2sccc2C1)NCCc1ccccc1F.I. The summed E-state index contributed by atoms with van der Waals surface area (Å²) in [5, 5.41) is 8.41. The Morgan fingerprint density at radius 2 is 2.04 bits per heavy atom. The number of halogens is 2. The lowest BCUT2D eigenvalue weighted by atomic mass is 10.1. The van der Waals surface area contributed by atoms with Crippen LogP contribution in [-0.4, -0.2) is 43.4 Å². The van der Waals surface area contributed by atoms with Crippen LogP contribution in [0.5, 0.6) is 0 Å². The fourth-order valence-electron chi connectivity index (χ4n) is 3.14. The third-order valence-corrected chi connectivity index (χ3v) is 5.68. The Bertz CT molecular complexity index is 811. The highest BCUT2D eigenvalue weighted by Gasteiger charge is 2.20. The van der Waals surface area contributed by atoms with Gasteiger partial charge in [0.1, 0.15) is 5.82 Å². The van der Waals surface area contributed by atoms with E-state index in [4.69, 9.17) is 0 Å². The summed E-state index contributed by atoms with van der Waals surface area (Å²) in [6.45, 7) is 2.60. The lowest BCUT2D eigenvalue weighted by Gasteiger charge is -2.27. The molecule has 3 rings (SSSR count). The van der Waals surface area contributed by atoms with Gasteiger partial charge in [-0.25, -0.2) is 4.39 Å². The molecule has 0 bridgehead atoms. The molecule has 1 amide bonds. The predicted molar refractivity (Wildman–Crippen MR) is 123 cm³/mol. The number of nitrogens with zero attached hydrogens (tertiary/aromatic N) is 2. The number of carbonyl (C=O) groups excluding carboxylic acids is 1. The molecule has 1 aliphatic rings. The van der Waals surface area contributed by atoms with E-state index in [1.165, 1.54) is 16.5 Å². The van der Waals surface area contributed by atoms with Crippen molar-refractivity contribution in [1.29, 1.82) is 0 Å². The Morgan fingerprint density at radius 1 is 1.25 bits per heavy atom. The van der Waals surface area contributed by atoms with E-state index >= 15 is 0 Å². The Labute approximate surface area is 186 Å². The monoisotopic (exact) mass is 516 g/mol. The van der Waals surface area contributed by atoms with Crippen LogP contribution in [0, 0.1) is 5.82 Å². The number of amides is 1. The second kappa shape index (κ2) is 11.4. The molecule has 0 fully saturated rings. The van der Waals surface area contributed by atoms with Crippen molar-refractivity contribution < 1.29 is 9.18 Å². The number of guanidine groups is 1. The van der Waals surface area contributed by atoms with E-state index in [1.54, 1.807) is 30.5 Å². The minimum Gasteiger partial charge on any atom is -0.356 e. The minimum absolute atomic E-state index is 0. The van der Waals surface area contributed by atoms with E-state index in [2.05, 4.69) is 27.1 Å². The fraction of sp³-hybridized carbons (Fsp3) is 0.400. The topological polar surface area (TPSA) is 56.7 Å². The Balaban J connectivity index is 0.00000280. The van der Waals surface area contributed by atoms with E-state index in [1.807, 2.05) is 11.0 Å². The largest absolute Gasteiger partial charge is 0.356 e. The molecule has 1 aliphatic heterocycles. The Kier molecular flexibility index (Phi) is 9.17. The zero-order valence-corrected chi connectivity index (χ0v) is 19.1. The Morgan fingerprint density at radius 3 is 2.82 bits per heavy atom. The van der Waals surface area contributed by atoms with Crippen LogP contribution >= 0.6 is 35.3 Å². The number of hydrogen-bond donors (Lipinski definition) is 2. The van der Waals surface area contributed by atoms with E-state index in [9.17, 15) is 9.18 Å². The molecule has 8 heteroatoms. The molecule has 0 unspecified atom stereocenters. The second-order valence-corrected chi connectivity index (χ2v) is 7.45. The molecular weight excluding hydrogens is 490 g/mol. The maximum Gasteiger partial charge on any atom is 0.224 e. The number of aliphatic imine (C=N–C) groups is 1. The van der Waals surface area contributed by atoms with Crippen LogP contribution in [-0.2, 0) is 24.2 Å². The first-order valence-electron chi connectivity index (χ1n) is 9.18. The van der Waals surface area contributed by atoms with Crippen molar-refractivity contribution in [1.82, 2.24) is 15.5 Å². The van der Waals surface area contributed by atoms with E-state index in [-0.39, 0.29) is 35.7 Å². The molecule has 1 aromatic heterocycles. The van der Waals surface area contributed by atoms with Crippen molar-refractivity contribution in [3.8, 4) is 0 Å². The van der Waals surface area contributed by atoms with E-state index in [0.717, 1.165) is 13.0 Å². The van der Waals surface area contributed by atoms with E-state index < -0.39 is 0 Å². The number of thiophene rings is 1. The first-order valence-corrected chi connectivity index (χ1v) is 10.1. The summed E-state index contributed by atoms with van der Waals surface area (Å²) in [7, 11) is 1.68. The molecule has 2 aromatic rings. The van der Waals surface area contributed by atoms with Gasteiger partial charge in [0, 0.05) is 44.5 Å². The zero-order valence-electron chi connectivity index (χ0n) is 15.9. The highest BCUT2D eigenvalue weighted by atomic mass is 127. The summed E-state index contributed by atoms with van der Waals surface area (Å²) >= 11 is 1.77. The molecule has 0 saturated carbocycles. The molecule has 0 atom stereocenters. The first-order chi connectivity index (χ1) is 13.2. The number of benzene rings is 1. The van der Waals surface area contributed by atoms with Gasteiger partial charge in [0.25, 0.3) is 0 Å². The average molecular weight is 516 g/mol. The van der Waals surface area contributed by atoms with Crippen molar-refractivity contribution in [2.45, 2.75) is 25.8 Å². The molecule has 0 spiro atoms. The molecule has 5 nitrogen and oxygen atoms in total. The molecule has 152 valence electrons. The number of rotatable bonds is 6. The molecule has 28 heavy (non-hydrogen) atoms. The number of fused-ring (bicyclic) bond motifs is 1. The quantitative estimate of drug-likeness (QED) is 0.353. The van der Waals surface area contributed by atoms with Gasteiger partial charge in [-0.15, -0.1) is 35.3 Å². The van der Waals surface area contributed by atoms with Gasteiger partial charge in [0.2, 0.25) is 5.91 Å². The van der Waals surface area contributed by atoms with Crippen LogP contribution in [0.1, 0.15) is 22.4 Å². The summed E-state index contributed by atoms with van der Waals surface area (Å²) < 4.78 is 13.6. The lowest BCUT2D eigenvalue weighted by Crippen LogP contribution is -2.41. The van der Waals surface area contributed by atoms with Gasteiger partial charge < -0.3 is 15.5 Å². The van der Waals surface area contributed by atoms with Crippen molar-refractivity contribution in [3.63, 3.8) is 0 Å². The standard InChI is InChI=1S/C20H25FN4OS.HI/c1-22-20(23-10-6-15-4-2-3-5-17(15)21)24-11-7-19(26)25-12-8-18-16(14-25)9-13-27-18;/h2-5,9,13H,6-8,10-12,14H2,1H3,(H2,22,23,24);1H. The summed E-state index contributed by atoms with van der Waals surface area (Å²) in [4.78, 5) is 19.9. The summed E-state index contributed by atoms with van der Waals surface area (Å²) in [5.41, 5.74) is 1.95. The molecule has 2 N–H and O–H groups in total. The van der Waals surface area contributed by atoms with Gasteiger partial charge in [0.05, 0.1) is 0 Å². The van der Waals surface area contributed by atoms with Gasteiger partial charge in [-0.1, -0.05) is 18.2 Å². The Hall–Kier alpha value is -1.68. The highest BCUT2D eigenvalue weighted by Crippen LogP contribution is 2.24. The van der Waals surface area contributed by atoms with Gasteiger partial charge >= 0.3 is 0 Å². The first kappa shape index (κ1) is 22.6. The van der Waals surface area contributed by atoms with E-state index in [0.29, 0.717) is 44.0 Å². The number of nitrogens with one attached hydrogen (secondary N) is 2. The van der Waals surface area contributed by atoms with Crippen LogP contribution < -0.4 is 10.6 Å². The molecular formula is C20H26FIN4OS. The third-order valence-electron chi connectivity index (χ3n) is 4.66. The fourth-order valence-corrected chi connectivity index (χ4v) is 4.03. The normalized spacial score (nSPS) is 13.5. The van der Waals surface area contributed by atoms with Crippen LogP contribution in [0.3, 0.4) is 0 Å². The van der Waals surface area contributed by atoms with Crippen molar-refractivity contribution in [2.24, 2.45) is 4.99 Å². The smallest absolute Gasteiger partial charge is 0.224 e. The maximum atomic E-state index is 13.6. The van der Waals surface area contributed by atoms with Crippen molar-refractivity contribution in [3.05, 3.63) is 57.5 Å². The summed E-state index contributed by atoms with van der Waals surface area (Å²) in [6, 6.07) is 8.87. The average Bonchev–Trinajstić information content (AvgIpc) is 3.15. The predicted octanol–water partition coefficient (Wildman–Crippen LogP) is 3.19. The zero-order chi connectivity index (χ0) is 19.1. The molecule has 2 heterocycles. The van der Waals surface area contributed by atoms with Crippen LogP contribution in [0.15, 0.2) is 40.7 Å². The lowest BCUT2D eigenvalue weighted by molar-refractivity contribution is -0.131. The summed E-state index contributed by atoms with van der Waals surface area (Å²) in [6.07, 6.45) is 1.95. The van der Waals surface area contributed by atoms with Gasteiger partial charge in [-0.2, -0.15) is 0 Å². The van der Waals surface area contributed by atoms with Gasteiger partial charge in [-0.05, 0) is 41.5 Å². The van der Waals surface area contributed by atoms with Gasteiger partial charge in [0.15, 0.2) is 5.96 Å². The van der Waals surface area contributed by atoms with Crippen molar-refractivity contribution >= 4 is 47.2 Å². The third kappa shape index (κ3) is 6.16. The summed E-state index contributed by atoms with van der Waals surface area (Å²) in [5.74, 6) is 0.585. The number of hydrogen-bond acceptors (Lipinski definition) is 3. The highest BCUT2D eigenvalue weighted by molar-refractivity contribution is 14.0. The molecule has 0 saturated heterocycles. The number of carbonyl (C=O) groups is 1. The van der Waals surface area contributed by atoms with Crippen LogP contribution in [0.25, 0.3) is 0 Å². The van der Waals surface area contributed by atoms with Gasteiger partial charge in [-0.3, -0.25) is 9.79 Å². The second-order valence-electron chi connectivity index (χ2n) is 6.45. The minimum atomic E-state index is -0.192. The molecule has 0 radical (unpaired) electrons. The van der Waals surface area contributed by atoms with Crippen LogP contribution in [0.4, 0.5) is 4.39 Å². The maximum absolute atomic E-state index is 13.6. The van der Waals surface area contributed by atoms with Crippen LogP contribution in [0.2, 0.25) is 0 Å². The van der Waals surface area contributed by atoms with Crippen molar-refractivity contribution in [2.75, 3.05) is 26.7 Å². The molecule has 1 aromatic carbocycles. The molecule has 0 aliphatic carbocycles.